The highest BCUT2D eigenvalue weighted by molar-refractivity contribution is 14.0. The molecule has 3 unspecified atom stereocenters. The number of hydrogen-bond donors (Lipinski definition) is 2. The summed E-state index contributed by atoms with van der Waals surface area (Å²) in [6.07, 6.45) is 7.21. The molecule has 1 aromatic carbocycles. The second-order valence-electron chi connectivity index (χ2n) is 7.34. The number of aromatic nitrogens is 2. The van der Waals surface area contributed by atoms with Crippen molar-refractivity contribution in [3.05, 3.63) is 30.6 Å². The number of rotatable bonds is 8. The average molecular weight is 532 g/mol. The van der Waals surface area contributed by atoms with Crippen molar-refractivity contribution in [1.82, 2.24) is 20.2 Å². The van der Waals surface area contributed by atoms with Crippen LogP contribution in [0.4, 0.5) is 0 Å². The summed E-state index contributed by atoms with van der Waals surface area (Å²) in [6, 6.07) is 8.58. The highest BCUT2D eigenvalue weighted by Crippen LogP contribution is 2.23. The standard InChI is InChI=1S/C21H33N5OS.HI/c1-3-22-21(25-17-9-7-10-18(15-17)28(27)4-2)23-13-8-14-26-16-24-19-11-5-6-12-20(19)26;/h5-6,11-12,16-18H,3-4,7-10,13-15H2,1-2H3,(H2,22,23,25);1H. The van der Waals surface area contributed by atoms with Crippen molar-refractivity contribution in [3.8, 4) is 0 Å². The number of fused-ring (bicyclic) bond motifs is 1. The van der Waals surface area contributed by atoms with E-state index in [1.165, 1.54) is 5.52 Å². The Labute approximate surface area is 193 Å². The van der Waals surface area contributed by atoms with Gasteiger partial charge in [0.05, 0.1) is 17.4 Å². The maximum absolute atomic E-state index is 12.2. The molecule has 3 rings (SSSR count). The van der Waals surface area contributed by atoms with Gasteiger partial charge in [0.2, 0.25) is 0 Å². The first-order valence-corrected chi connectivity index (χ1v) is 11.9. The van der Waals surface area contributed by atoms with Gasteiger partial charge >= 0.3 is 0 Å². The van der Waals surface area contributed by atoms with Gasteiger partial charge in [-0.1, -0.05) is 25.5 Å². The van der Waals surface area contributed by atoms with E-state index in [-0.39, 0.29) is 24.0 Å². The van der Waals surface area contributed by atoms with Crippen LogP contribution in [0.3, 0.4) is 0 Å². The Bertz CT molecular complexity index is 809. The van der Waals surface area contributed by atoms with E-state index in [0.717, 1.165) is 69.0 Å². The Morgan fingerprint density at radius 2 is 2.14 bits per heavy atom. The summed E-state index contributed by atoms with van der Waals surface area (Å²) in [6.45, 7) is 6.62. The van der Waals surface area contributed by atoms with Crippen LogP contribution in [0.25, 0.3) is 11.0 Å². The highest BCUT2D eigenvalue weighted by atomic mass is 127. The Morgan fingerprint density at radius 3 is 2.93 bits per heavy atom. The van der Waals surface area contributed by atoms with Gasteiger partial charge in [-0.2, -0.15) is 0 Å². The van der Waals surface area contributed by atoms with Gasteiger partial charge in [-0.3, -0.25) is 9.20 Å². The summed E-state index contributed by atoms with van der Waals surface area (Å²) < 4.78 is 14.4. The Kier molecular flexibility index (Phi) is 10.4. The number of halogens is 1. The molecule has 1 aromatic heterocycles. The third-order valence-electron chi connectivity index (χ3n) is 5.32. The molecule has 3 atom stereocenters. The highest BCUT2D eigenvalue weighted by Gasteiger charge is 2.25. The maximum atomic E-state index is 12.2. The van der Waals surface area contributed by atoms with Crippen molar-refractivity contribution in [3.63, 3.8) is 0 Å². The fourth-order valence-corrected chi connectivity index (χ4v) is 5.23. The van der Waals surface area contributed by atoms with Crippen LogP contribution in [-0.2, 0) is 17.3 Å². The van der Waals surface area contributed by atoms with Crippen LogP contribution in [0.5, 0.6) is 0 Å². The fraction of sp³-hybridized carbons (Fsp3) is 0.619. The van der Waals surface area contributed by atoms with Crippen LogP contribution in [0.2, 0.25) is 0 Å². The van der Waals surface area contributed by atoms with Crippen molar-refractivity contribution in [2.75, 3.05) is 18.8 Å². The molecule has 1 heterocycles. The van der Waals surface area contributed by atoms with Gasteiger partial charge in [-0.25, -0.2) is 4.98 Å². The van der Waals surface area contributed by atoms with Crippen molar-refractivity contribution in [1.29, 1.82) is 0 Å². The number of nitrogens with zero attached hydrogens (tertiary/aromatic N) is 3. The third-order valence-corrected chi connectivity index (χ3v) is 7.06. The minimum absolute atomic E-state index is 0. The van der Waals surface area contributed by atoms with Gasteiger partial charge in [0.1, 0.15) is 0 Å². The zero-order chi connectivity index (χ0) is 19.8. The molecule has 0 radical (unpaired) electrons. The number of hydrogen-bond acceptors (Lipinski definition) is 3. The van der Waals surface area contributed by atoms with Crippen LogP contribution >= 0.6 is 24.0 Å². The largest absolute Gasteiger partial charge is 0.357 e. The van der Waals surface area contributed by atoms with Gasteiger partial charge < -0.3 is 15.2 Å². The second-order valence-corrected chi connectivity index (χ2v) is 9.35. The molecule has 0 amide bonds. The van der Waals surface area contributed by atoms with Crippen LogP contribution in [0.15, 0.2) is 35.6 Å². The number of imidazole rings is 1. The molecule has 2 aromatic rings. The lowest BCUT2D eigenvalue weighted by molar-refractivity contribution is 0.413. The number of aliphatic imine (C=N–C) groups is 1. The monoisotopic (exact) mass is 531 g/mol. The van der Waals surface area contributed by atoms with Crippen molar-refractivity contribution >= 4 is 51.8 Å². The Balaban J connectivity index is 0.00000300. The quantitative estimate of drug-likeness (QED) is 0.236. The minimum atomic E-state index is -0.697. The molecule has 8 heteroatoms. The predicted octanol–water partition coefficient (Wildman–Crippen LogP) is 3.68. The summed E-state index contributed by atoms with van der Waals surface area (Å²) in [7, 11) is -0.697. The van der Waals surface area contributed by atoms with Crippen LogP contribution in [-0.4, -0.2) is 49.9 Å². The number of nitrogens with one attached hydrogen (secondary N) is 2. The first-order chi connectivity index (χ1) is 13.7. The lowest BCUT2D eigenvalue weighted by Gasteiger charge is -2.30. The van der Waals surface area contributed by atoms with E-state index < -0.39 is 10.8 Å². The van der Waals surface area contributed by atoms with Crippen LogP contribution in [0.1, 0.15) is 46.0 Å². The summed E-state index contributed by atoms with van der Waals surface area (Å²) in [4.78, 5) is 9.21. The van der Waals surface area contributed by atoms with E-state index in [1.54, 1.807) is 0 Å². The maximum Gasteiger partial charge on any atom is 0.191 e. The second kappa shape index (κ2) is 12.5. The van der Waals surface area contributed by atoms with Crippen molar-refractivity contribution in [2.45, 2.75) is 63.8 Å². The summed E-state index contributed by atoms with van der Waals surface area (Å²) in [5, 5.41) is 7.26. The molecule has 0 spiro atoms. The number of benzene rings is 1. The smallest absolute Gasteiger partial charge is 0.191 e. The van der Waals surface area contributed by atoms with Crippen molar-refractivity contribution < 1.29 is 4.21 Å². The zero-order valence-electron chi connectivity index (χ0n) is 17.5. The molecule has 1 aliphatic carbocycles. The van der Waals surface area contributed by atoms with E-state index >= 15 is 0 Å². The van der Waals surface area contributed by atoms with E-state index in [1.807, 2.05) is 25.4 Å². The van der Waals surface area contributed by atoms with Gasteiger partial charge in [0.25, 0.3) is 0 Å². The number of guanidine groups is 1. The van der Waals surface area contributed by atoms with E-state index in [9.17, 15) is 4.21 Å². The Morgan fingerprint density at radius 1 is 1.31 bits per heavy atom. The molecule has 6 nitrogen and oxygen atoms in total. The van der Waals surface area contributed by atoms with E-state index in [0.29, 0.717) is 11.3 Å². The molecule has 0 aliphatic heterocycles. The summed E-state index contributed by atoms with van der Waals surface area (Å²) >= 11 is 0. The summed E-state index contributed by atoms with van der Waals surface area (Å²) in [5.41, 5.74) is 2.21. The Hall–Kier alpha value is -1.16. The van der Waals surface area contributed by atoms with Crippen LogP contribution in [0, 0.1) is 0 Å². The summed E-state index contributed by atoms with van der Waals surface area (Å²) in [5.74, 6) is 1.64. The average Bonchev–Trinajstić information content (AvgIpc) is 3.14. The first kappa shape index (κ1) is 24.1. The fourth-order valence-electron chi connectivity index (χ4n) is 3.88. The SMILES string of the molecule is CCNC(=NCCCn1cnc2ccccc21)NC1CCCC(S(=O)CC)C1.I. The molecule has 0 bridgehead atoms. The zero-order valence-corrected chi connectivity index (χ0v) is 20.6. The van der Waals surface area contributed by atoms with Gasteiger partial charge in [-0.15, -0.1) is 24.0 Å². The minimum Gasteiger partial charge on any atom is -0.357 e. The van der Waals surface area contributed by atoms with Gasteiger partial charge in [0.15, 0.2) is 5.96 Å². The molecular formula is C21H34IN5OS. The van der Waals surface area contributed by atoms with E-state index in [4.69, 9.17) is 4.99 Å². The number of aryl methyl sites for hydroxylation is 1. The van der Waals surface area contributed by atoms with Gasteiger partial charge in [-0.05, 0) is 44.7 Å². The first-order valence-electron chi connectivity index (χ1n) is 10.5. The predicted molar refractivity (Wildman–Crippen MR) is 134 cm³/mol. The molecule has 162 valence electrons. The topological polar surface area (TPSA) is 71.3 Å². The van der Waals surface area contributed by atoms with Gasteiger partial charge in [0, 0.05) is 47.5 Å². The lowest BCUT2D eigenvalue weighted by atomic mass is 9.95. The molecule has 1 aliphatic rings. The molecule has 0 saturated heterocycles. The molecule has 2 N–H and O–H groups in total. The molecular weight excluding hydrogens is 497 g/mol. The molecule has 1 fully saturated rings. The number of para-hydroxylation sites is 2. The van der Waals surface area contributed by atoms with Crippen molar-refractivity contribution in [2.24, 2.45) is 4.99 Å². The third kappa shape index (κ3) is 6.94. The normalized spacial score (nSPS) is 20.8. The molecule has 1 saturated carbocycles. The van der Waals surface area contributed by atoms with E-state index in [2.05, 4.69) is 39.2 Å². The van der Waals surface area contributed by atoms with Crippen LogP contribution < -0.4 is 10.6 Å². The lowest BCUT2D eigenvalue weighted by Crippen LogP contribution is -2.46. The molecule has 29 heavy (non-hydrogen) atoms.